The standard InChI is InChI=1S/C30H30N2O4S/c1-3-36-27-18-20-28(21-19-27)37(34,35)32(26-12-8-5-9-13-26)22-29(33)31-30(24-10-6-4-7-11-24)25-16-14-23(2)15-17-25/h4-21,30H,3,22H2,1-2H3,(H,31,33)/t30-/m0/s1. The maximum Gasteiger partial charge on any atom is 0.264 e. The average Bonchev–Trinajstić information content (AvgIpc) is 2.92. The van der Waals surface area contributed by atoms with Crippen LogP contribution < -0.4 is 14.4 Å². The predicted molar refractivity (Wildman–Crippen MR) is 146 cm³/mol. The highest BCUT2D eigenvalue weighted by Gasteiger charge is 2.28. The normalized spacial score (nSPS) is 11.9. The summed E-state index contributed by atoms with van der Waals surface area (Å²) in [7, 11) is -4.03. The number of nitrogens with zero attached hydrogens (tertiary/aromatic N) is 1. The molecule has 190 valence electrons. The van der Waals surface area contributed by atoms with E-state index in [1.54, 1.807) is 42.5 Å². The lowest BCUT2D eigenvalue weighted by Gasteiger charge is -2.26. The molecule has 0 saturated carbocycles. The second-order valence-electron chi connectivity index (χ2n) is 8.57. The van der Waals surface area contributed by atoms with Gasteiger partial charge in [0.1, 0.15) is 12.3 Å². The van der Waals surface area contributed by atoms with E-state index in [-0.39, 0.29) is 11.4 Å². The van der Waals surface area contributed by atoms with E-state index in [1.165, 1.54) is 12.1 Å². The van der Waals surface area contributed by atoms with E-state index in [0.717, 1.165) is 21.0 Å². The molecule has 0 saturated heterocycles. The van der Waals surface area contributed by atoms with Gasteiger partial charge < -0.3 is 10.1 Å². The molecule has 0 bridgehead atoms. The predicted octanol–water partition coefficient (Wildman–Crippen LogP) is 5.49. The lowest BCUT2D eigenvalue weighted by Crippen LogP contribution is -2.42. The summed E-state index contributed by atoms with van der Waals surface area (Å²) < 4.78 is 34.0. The number of ether oxygens (including phenoxy) is 1. The summed E-state index contributed by atoms with van der Waals surface area (Å²) in [5.74, 6) is 0.155. The fraction of sp³-hybridized carbons (Fsp3) is 0.167. The third kappa shape index (κ3) is 6.37. The van der Waals surface area contributed by atoms with Crippen molar-refractivity contribution in [3.05, 3.63) is 126 Å². The van der Waals surface area contributed by atoms with Crippen LogP contribution in [0.4, 0.5) is 5.69 Å². The van der Waals surface area contributed by atoms with Gasteiger partial charge in [-0.15, -0.1) is 0 Å². The fourth-order valence-corrected chi connectivity index (χ4v) is 5.43. The molecule has 7 heteroatoms. The average molecular weight is 515 g/mol. The zero-order chi connectivity index (χ0) is 26.3. The molecule has 0 heterocycles. The van der Waals surface area contributed by atoms with Gasteiger partial charge in [0.25, 0.3) is 10.0 Å². The van der Waals surface area contributed by atoms with Crippen LogP contribution in [0.5, 0.6) is 5.75 Å². The van der Waals surface area contributed by atoms with Gasteiger partial charge in [-0.25, -0.2) is 8.42 Å². The van der Waals surface area contributed by atoms with Crippen LogP contribution in [0.2, 0.25) is 0 Å². The van der Waals surface area contributed by atoms with Crippen molar-refractivity contribution >= 4 is 21.6 Å². The second kappa shape index (κ2) is 11.8. The molecule has 0 aliphatic heterocycles. The minimum atomic E-state index is -4.03. The van der Waals surface area contributed by atoms with E-state index >= 15 is 0 Å². The van der Waals surface area contributed by atoms with Crippen molar-refractivity contribution in [1.29, 1.82) is 0 Å². The molecule has 6 nitrogen and oxygen atoms in total. The zero-order valence-corrected chi connectivity index (χ0v) is 21.7. The number of para-hydroxylation sites is 1. The molecular formula is C30H30N2O4S. The monoisotopic (exact) mass is 514 g/mol. The summed E-state index contributed by atoms with van der Waals surface area (Å²) in [5.41, 5.74) is 3.32. The van der Waals surface area contributed by atoms with Crippen LogP contribution in [0.25, 0.3) is 0 Å². The Morgan fingerprint density at radius 2 is 1.38 bits per heavy atom. The number of hydrogen-bond donors (Lipinski definition) is 1. The number of hydrogen-bond acceptors (Lipinski definition) is 4. The molecule has 4 aromatic rings. The Bertz CT molecular complexity index is 1410. The van der Waals surface area contributed by atoms with Gasteiger partial charge in [-0.1, -0.05) is 78.4 Å². The van der Waals surface area contributed by atoms with E-state index in [9.17, 15) is 13.2 Å². The minimum Gasteiger partial charge on any atom is -0.494 e. The number of benzene rings is 4. The van der Waals surface area contributed by atoms with Gasteiger partial charge in [0, 0.05) is 0 Å². The number of carbonyl (C=O) groups excluding carboxylic acids is 1. The first-order valence-corrected chi connectivity index (χ1v) is 13.5. The minimum absolute atomic E-state index is 0.0748. The highest BCUT2D eigenvalue weighted by molar-refractivity contribution is 7.92. The van der Waals surface area contributed by atoms with Gasteiger partial charge in [-0.2, -0.15) is 0 Å². The molecule has 0 fully saturated rings. The van der Waals surface area contributed by atoms with Gasteiger partial charge >= 0.3 is 0 Å². The zero-order valence-electron chi connectivity index (χ0n) is 20.9. The Morgan fingerprint density at radius 1 is 0.811 bits per heavy atom. The summed E-state index contributed by atoms with van der Waals surface area (Å²) in [5, 5.41) is 3.05. The van der Waals surface area contributed by atoms with Crippen LogP contribution in [0, 0.1) is 6.92 Å². The Hall–Kier alpha value is -4.10. The molecule has 1 amide bonds. The first-order valence-electron chi connectivity index (χ1n) is 12.1. The molecule has 37 heavy (non-hydrogen) atoms. The maximum absolute atomic E-state index is 13.7. The van der Waals surface area contributed by atoms with Crippen LogP contribution in [0.3, 0.4) is 0 Å². The second-order valence-corrected chi connectivity index (χ2v) is 10.4. The smallest absolute Gasteiger partial charge is 0.264 e. The van der Waals surface area contributed by atoms with Crippen LogP contribution in [-0.2, 0) is 14.8 Å². The number of amides is 1. The molecule has 4 rings (SSSR count). The molecule has 4 aromatic carbocycles. The van der Waals surface area contributed by atoms with E-state index < -0.39 is 22.0 Å². The van der Waals surface area contributed by atoms with E-state index in [4.69, 9.17) is 4.74 Å². The molecule has 0 unspecified atom stereocenters. The van der Waals surface area contributed by atoms with Gasteiger partial charge in [-0.05, 0) is 61.4 Å². The van der Waals surface area contributed by atoms with E-state index in [0.29, 0.717) is 18.0 Å². The number of sulfonamides is 1. The molecule has 0 aromatic heterocycles. The fourth-order valence-electron chi connectivity index (χ4n) is 4.01. The van der Waals surface area contributed by atoms with Gasteiger partial charge in [0.15, 0.2) is 0 Å². The van der Waals surface area contributed by atoms with Crippen LogP contribution in [0.1, 0.15) is 29.7 Å². The Morgan fingerprint density at radius 3 is 1.97 bits per heavy atom. The van der Waals surface area contributed by atoms with Crippen molar-refractivity contribution in [3.8, 4) is 5.75 Å². The van der Waals surface area contributed by atoms with Crippen molar-refractivity contribution in [2.45, 2.75) is 24.8 Å². The lowest BCUT2D eigenvalue weighted by atomic mass is 9.98. The van der Waals surface area contributed by atoms with Crippen LogP contribution in [0.15, 0.2) is 114 Å². The largest absolute Gasteiger partial charge is 0.494 e. The number of rotatable bonds is 10. The summed E-state index contributed by atoms with van der Waals surface area (Å²) in [6.07, 6.45) is 0. The Kier molecular flexibility index (Phi) is 8.25. The Labute approximate surface area is 218 Å². The number of nitrogens with one attached hydrogen (secondary N) is 1. The SMILES string of the molecule is CCOc1ccc(S(=O)(=O)N(CC(=O)N[C@@H](c2ccccc2)c2ccc(C)cc2)c2ccccc2)cc1. The molecule has 0 radical (unpaired) electrons. The summed E-state index contributed by atoms with van der Waals surface area (Å²) in [4.78, 5) is 13.5. The molecule has 0 spiro atoms. The number of aryl methyl sites for hydroxylation is 1. The highest BCUT2D eigenvalue weighted by Crippen LogP contribution is 2.26. The van der Waals surface area contributed by atoms with Gasteiger partial charge in [-0.3, -0.25) is 9.10 Å². The molecule has 0 aliphatic rings. The molecule has 0 aliphatic carbocycles. The molecule has 1 atom stereocenters. The van der Waals surface area contributed by atoms with Gasteiger partial charge in [0.2, 0.25) is 5.91 Å². The third-order valence-electron chi connectivity index (χ3n) is 5.90. The van der Waals surface area contributed by atoms with Gasteiger partial charge in [0.05, 0.1) is 23.2 Å². The van der Waals surface area contributed by atoms with Crippen molar-refractivity contribution in [2.75, 3.05) is 17.5 Å². The molecule has 1 N–H and O–H groups in total. The third-order valence-corrected chi connectivity index (χ3v) is 7.69. The first-order chi connectivity index (χ1) is 17.9. The summed E-state index contributed by atoms with van der Waals surface area (Å²) >= 11 is 0. The van der Waals surface area contributed by atoms with Crippen molar-refractivity contribution < 1.29 is 17.9 Å². The summed E-state index contributed by atoms with van der Waals surface area (Å²) in [6.45, 7) is 3.96. The van der Waals surface area contributed by atoms with E-state index in [1.807, 2.05) is 68.4 Å². The number of carbonyl (C=O) groups is 1. The Balaban J connectivity index is 1.64. The quantitative estimate of drug-likeness (QED) is 0.303. The van der Waals surface area contributed by atoms with Crippen LogP contribution in [-0.4, -0.2) is 27.5 Å². The first kappa shape index (κ1) is 26.0. The van der Waals surface area contributed by atoms with Crippen molar-refractivity contribution in [3.63, 3.8) is 0 Å². The van der Waals surface area contributed by atoms with E-state index in [2.05, 4.69) is 5.32 Å². The van der Waals surface area contributed by atoms with Crippen molar-refractivity contribution in [1.82, 2.24) is 5.32 Å². The van der Waals surface area contributed by atoms with Crippen LogP contribution >= 0.6 is 0 Å². The highest BCUT2D eigenvalue weighted by atomic mass is 32.2. The topological polar surface area (TPSA) is 75.7 Å². The summed E-state index contributed by atoms with van der Waals surface area (Å²) in [6, 6.07) is 32.0. The lowest BCUT2D eigenvalue weighted by molar-refractivity contribution is -0.120. The number of anilines is 1. The van der Waals surface area contributed by atoms with Crippen molar-refractivity contribution in [2.24, 2.45) is 0 Å². The maximum atomic E-state index is 13.7. The molecular weight excluding hydrogens is 484 g/mol.